The van der Waals surface area contributed by atoms with E-state index in [1.54, 1.807) is 18.2 Å². The Hall–Kier alpha value is -2.36. The van der Waals surface area contributed by atoms with Gasteiger partial charge in [0.05, 0.1) is 13.5 Å². The Labute approximate surface area is 181 Å². The van der Waals surface area contributed by atoms with E-state index in [0.717, 1.165) is 6.20 Å². The topological polar surface area (TPSA) is 132 Å². The molecule has 164 valence electrons. The minimum absolute atomic E-state index is 0.0452. The Bertz CT molecular complexity index is 1280. The van der Waals surface area contributed by atoms with Crippen LogP contribution in [0, 0.1) is 17.0 Å². The number of nitrogens with zero attached hydrogens (tertiary/aromatic N) is 1. The lowest BCUT2D eigenvalue weighted by molar-refractivity contribution is -0.205. The zero-order valence-corrected chi connectivity index (χ0v) is 17.3. The van der Waals surface area contributed by atoms with Crippen LogP contribution in [0.3, 0.4) is 0 Å². The van der Waals surface area contributed by atoms with Crippen LogP contribution in [-0.2, 0) is 25.0 Å². The summed E-state index contributed by atoms with van der Waals surface area (Å²) < 4.78 is 57.0. The maximum absolute atomic E-state index is 15.5. The molecule has 1 saturated heterocycles. The molecule has 0 radical (unpaired) electrons. The van der Waals surface area contributed by atoms with Gasteiger partial charge >= 0.3 is 13.5 Å². The number of aliphatic hydroxyl groups excluding tert-OH is 2. The largest absolute Gasteiger partial charge is 0.530 e. The Balaban J connectivity index is 1.59. The maximum Gasteiger partial charge on any atom is 0.530 e. The summed E-state index contributed by atoms with van der Waals surface area (Å²) >= 11 is 4.88. The van der Waals surface area contributed by atoms with Crippen LogP contribution in [-0.4, -0.2) is 44.4 Å². The highest BCUT2D eigenvalue weighted by molar-refractivity contribution is 7.71. The summed E-state index contributed by atoms with van der Waals surface area (Å²) in [5.41, 5.74) is -0.514. The van der Waals surface area contributed by atoms with Crippen LogP contribution >= 0.6 is 20.0 Å². The Kier molecular flexibility index (Phi) is 5.27. The highest BCUT2D eigenvalue weighted by Gasteiger charge is 2.57. The van der Waals surface area contributed by atoms with E-state index >= 15 is 4.39 Å². The first kappa shape index (κ1) is 20.5. The summed E-state index contributed by atoms with van der Waals surface area (Å²) in [4.78, 5) is 14.4. The van der Waals surface area contributed by atoms with Gasteiger partial charge in [-0.05, 0) is 6.07 Å². The van der Waals surface area contributed by atoms with Gasteiger partial charge < -0.3 is 19.5 Å². The van der Waals surface area contributed by atoms with Crippen LogP contribution in [0.4, 0.5) is 4.39 Å². The average Bonchev–Trinajstić information content (AvgIpc) is 2.93. The zero-order valence-electron chi connectivity index (χ0n) is 16.6. The molecule has 5 atom stereocenters. The highest BCUT2D eigenvalue weighted by Crippen LogP contribution is 2.55. The van der Waals surface area contributed by atoms with Crippen molar-refractivity contribution >= 4 is 20.0 Å². The lowest BCUT2D eigenvalue weighted by atomic mass is 10.1. The third kappa shape index (κ3) is 3.97. The number of ether oxygens (including phenoxy) is 1. The Morgan fingerprint density at radius 3 is 3.00 bits per heavy atom. The number of benzene rings is 1. The predicted molar refractivity (Wildman–Crippen MR) is 105 cm³/mol. The molecule has 0 spiro atoms. The summed E-state index contributed by atoms with van der Waals surface area (Å²) in [6.07, 6.45) is -1.33. The molecular formula is C18H16FN2O8PS. The summed E-state index contributed by atoms with van der Waals surface area (Å²) in [5.74, 6) is -0.908. The van der Waals surface area contributed by atoms with E-state index < -0.39 is 44.4 Å². The number of aromatic nitrogens is 2. The van der Waals surface area contributed by atoms with E-state index in [1.807, 2.05) is 0 Å². The van der Waals surface area contributed by atoms with E-state index in [4.69, 9.17) is 38.3 Å². The molecule has 2 aliphatic heterocycles. The molecule has 2 aliphatic rings. The number of H-pyrrole nitrogens is 1. The van der Waals surface area contributed by atoms with Crippen LogP contribution in [0.1, 0.15) is 18.7 Å². The fraction of sp³-hybridized carbons (Fsp3) is 0.333. The average molecular weight is 471 g/mol. The minimum Gasteiger partial charge on any atom is -0.404 e. The first-order valence-electron chi connectivity index (χ1n) is 9.26. The van der Waals surface area contributed by atoms with Crippen LogP contribution in [0.2, 0.25) is 0 Å². The van der Waals surface area contributed by atoms with Crippen molar-refractivity contribution in [3.8, 4) is 18.1 Å². The molecular weight excluding hydrogens is 454 g/mol. The number of para-hydroxylation sites is 1. The second kappa shape index (κ2) is 7.96. The summed E-state index contributed by atoms with van der Waals surface area (Å²) in [6, 6.07) is 6.50. The smallest absolute Gasteiger partial charge is 0.404 e. The molecule has 1 aromatic carbocycles. The Morgan fingerprint density at radius 2 is 2.26 bits per heavy atom. The van der Waals surface area contributed by atoms with Crippen molar-refractivity contribution in [2.45, 2.75) is 30.9 Å². The van der Waals surface area contributed by atoms with Gasteiger partial charge in [-0.2, -0.15) is 0 Å². The van der Waals surface area contributed by atoms with Crippen molar-refractivity contribution in [2.75, 3.05) is 6.61 Å². The van der Waals surface area contributed by atoms with Crippen molar-refractivity contribution in [3.05, 3.63) is 56.7 Å². The van der Waals surface area contributed by atoms with E-state index in [2.05, 4.69) is 10.9 Å². The monoisotopic (exact) mass is 471 g/mol. The van der Waals surface area contributed by atoms with E-state index in [-0.39, 0.29) is 22.6 Å². The van der Waals surface area contributed by atoms with E-state index in [0.29, 0.717) is 10.1 Å². The van der Waals surface area contributed by atoms with Gasteiger partial charge in [0.15, 0.2) is 6.20 Å². The van der Waals surface area contributed by atoms with E-state index in [9.17, 15) is 19.6 Å². The fourth-order valence-electron chi connectivity index (χ4n) is 2.95. The molecule has 31 heavy (non-hydrogen) atoms. The van der Waals surface area contributed by atoms with Crippen molar-refractivity contribution in [2.24, 2.45) is 0 Å². The molecule has 1 fully saturated rings. The number of halogens is 1. The number of fused-ring (bicyclic) bond motifs is 1. The first-order valence-corrected chi connectivity index (χ1v) is 10.6. The predicted octanol–water partition coefficient (Wildman–Crippen LogP) is 1.54. The highest BCUT2D eigenvalue weighted by atomic mass is 32.1. The molecule has 4 rings (SSSR count). The van der Waals surface area contributed by atoms with Gasteiger partial charge in [0.25, 0.3) is 5.85 Å². The first-order chi connectivity index (χ1) is 15.0. The summed E-state index contributed by atoms with van der Waals surface area (Å²) in [5, 5.41) is 20.6. The van der Waals surface area contributed by atoms with Gasteiger partial charge in [0, 0.05) is 11.8 Å². The van der Waals surface area contributed by atoms with Gasteiger partial charge in [0.2, 0.25) is 0 Å². The molecule has 3 heterocycles. The van der Waals surface area contributed by atoms with Gasteiger partial charge in [-0.15, -0.1) is 6.42 Å². The normalized spacial score (nSPS) is 35.0. The molecule has 3 N–H and O–H groups in total. The van der Waals surface area contributed by atoms with Crippen molar-refractivity contribution in [1.82, 2.24) is 9.55 Å². The van der Waals surface area contributed by atoms with Gasteiger partial charge in [0.1, 0.15) is 29.2 Å². The second-order valence-corrected chi connectivity index (χ2v) is 8.63. The van der Waals surface area contributed by atoms with Gasteiger partial charge in [-0.1, -0.05) is 36.3 Å². The molecule has 0 saturated carbocycles. The van der Waals surface area contributed by atoms with Crippen molar-refractivity contribution in [1.29, 1.82) is 0 Å². The van der Waals surface area contributed by atoms with Crippen LogP contribution in [0.25, 0.3) is 0 Å². The Morgan fingerprint density at radius 1 is 1.52 bits per heavy atom. The van der Waals surface area contributed by atoms with Crippen LogP contribution in [0.15, 0.2) is 35.3 Å². The number of aromatic amines is 1. The molecule has 0 amide bonds. The van der Waals surface area contributed by atoms with E-state index in [1.165, 1.54) is 6.07 Å². The van der Waals surface area contributed by atoms with Crippen LogP contribution in [0.5, 0.6) is 5.75 Å². The number of phosphoric ester groups is 1. The number of hydrogen-bond donors (Lipinski definition) is 3. The number of terminal acetylenes is 1. The lowest BCUT2D eigenvalue weighted by Gasteiger charge is -2.28. The second-order valence-electron chi connectivity index (χ2n) is 6.63. The molecule has 13 heteroatoms. The molecule has 0 bridgehead atoms. The summed E-state index contributed by atoms with van der Waals surface area (Å²) in [6.45, 7) is -1.40. The molecule has 1 unspecified atom stereocenters. The minimum atomic E-state index is -4.32. The standard InChI is InChI=1S/C18H16FN2O8PS/c1-2-10-7-21(17(24)20-15(10)31)16-13(22)14(23)18(19,28-16)9-27-30(25)26-8-11-5-3-4-6-12(11)29-30/h1,3-7,13-14,16,22-23H,8-9H2,(H,20,24,31)/t13-,14+,16-,18-,30?/m1/s1/i16D. The van der Waals surface area contributed by atoms with Crippen LogP contribution < -0.4 is 10.2 Å². The van der Waals surface area contributed by atoms with Gasteiger partial charge in [-0.25, -0.2) is 13.8 Å². The number of nitrogens with one attached hydrogen (secondary N) is 1. The summed E-state index contributed by atoms with van der Waals surface area (Å²) in [7, 11) is -4.32. The SMILES string of the molecule is [2H][C@@]1(n2cc(C#C)c(=S)[nH]c2=O)O[C@](F)(COP2(=O)OCc3ccccc3O2)[C@@H](O)[C@H]1O. The quantitative estimate of drug-likeness (QED) is 0.345. The zero-order chi connectivity index (χ0) is 23.3. The number of alkyl halides is 1. The third-order valence-electron chi connectivity index (χ3n) is 4.58. The number of aliphatic hydroxyl groups is 2. The maximum atomic E-state index is 15.5. The lowest BCUT2D eigenvalue weighted by Crippen LogP contribution is -2.43. The molecule has 10 nitrogen and oxygen atoms in total. The molecule has 0 aliphatic carbocycles. The third-order valence-corrected chi connectivity index (χ3v) is 6.22. The number of hydrogen-bond acceptors (Lipinski definition) is 9. The van der Waals surface area contributed by atoms with Crippen molar-refractivity contribution < 1.29 is 38.8 Å². The fourth-order valence-corrected chi connectivity index (χ4v) is 4.38. The number of phosphoric acid groups is 1. The van der Waals surface area contributed by atoms with Gasteiger partial charge in [-0.3, -0.25) is 18.6 Å². The molecule has 1 aromatic heterocycles. The number of rotatable bonds is 4. The molecule has 2 aromatic rings. The van der Waals surface area contributed by atoms with Crippen molar-refractivity contribution in [3.63, 3.8) is 0 Å².